The van der Waals surface area contributed by atoms with Crippen LogP contribution in [0.4, 0.5) is 34.1 Å². The van der Waals surface area contributed by atoms with Crippen molar-refractivity contribution in [2.75, 3.05) is 9.80 Å². The summed E-state index contributed by atoms with van der Waals surface area (Å²) in [6, 6.07) is 88.5. The van der Waals surface area contributed by atoms with Crippen molar-refractivity contribution < 1.29 is 0 Å². The minimum atomic E-state index is -0.136. The second-order valence-corrected chi connectivity index (χ2v) is 35.2. The first-order valence-corrected chi connectivity index (χ1v) is 36.3. The highest BCUT2D eigenvalue weighted by Crippen LogP contribution is 2.52. The Morgan fingerprint density at radius 1 is 0.306 bits per heavy atom. The lowest BCUT2D eigenvalue weighted by molar-refractivity contribution is 0.332. The van der Waals surface area contributed by atoms with Gasteiger partial charge < -0.3 is 14.4 Å². The van der Waals surface area contributed by atoms with Crippen molar-refractivity contribution >= 4 is 79.0 Å². The quantitative estimate of drug-likeness (QED) is 0.147. The molecule has 0 amide bonds. The fraction of sp³-hybridized carbons (Fsp3) is 0.298. The number of benzene rings is 11. The standard InChI is InChI=1S/C94H96BN3/c1-88(2,3)66-35-26-61(27-36-66)65-55-85-87-86(56-65)97(69-40-30-60(31-41-69)63-33-44-76-78(53-63)94(16,17)51-49-92(76,12)13)84-58-70(98-81-25-21-19-23-72(81)73-57-67(89(4,5)6)37-47-82(73)98)42-45-79(84)95(87)80-54-64(71-22-18-20-24-74(71)90(7,8)9)34-46-83(80)96(85)68-38-28-59(29-39-68)62-32-43-75-77(52-62)93(14,15)50-48-91(75,10)11/h18-47,52-58H,48-51H2,1-17H3. The van der Waals surface area contributed by atoms with Gasteiger partial charge in [-0.2, -0.15) is 0 Å². The lowest BCUT2D eigenvalue weighted by Crippen LogP contribution is -2.61. The average molecular weight is 1280 g/mol. The van der Waals surface area contributed by atoms with Crippen molar-refractivity contribution in [2.45, 2.75) is 181 Å². The summed E-state index contributed by atoms with van der Waals surface area (Å²) in [6.07, 6.45) is 4.74. The molecule has 3 heterocycles. The van der Waals surface area contributed by atoms with Crippen LogP contribution in [0.25, 0.3) is 72.0 Å². The maximum Gasteiger partial charge on any atom is 0.252 e. The van der Waals surface area contributed by atoms with E-state index in [1.165, 1.54) is 170 Å². The lowest BCUT2D eigenvalue weighted by atomic mass is 9.33. The lowest BCUT2D eigenvalue weighted by Gasteiger charge is -2.45. The molecule has 0 N–H and O–H groups in total. The van der Waals surface area contributed by atoms with Gasteiger partial charge in [0, 0.05) is 50.6 Å². The Balaban J connectivity index is 0.964. The van der Waals surface area contributed by atoms with Gasteiger partial charge in [-0.3, -0.25) is 0 Å². The molecule has 2 aliphatic heterocycles. The van der Waals surface area contributed by atoms with Crippen LogP contribution in [0.2, 0.25) is 0 Å². The molecule has 2 aliphatic carbocycles. The van der Waals surface area contributed by atoms with E-state index < -0.39 is 0 Å². The molecular weight excluding hydrogens is 1180 g/mol. The van der Waals surface area contributed by atoms with E-state index >= 15 is 0 Å². The summed E-state index contributed by atoms with van der Waals surface area (Å²) < 4.78 is 2.53. The molecule has 0 fully saturated rings. The van der Waals surface area contributed by atoms with Crippen LogP contribution < -0.4 is 26.2 Å². The van der Waals surface area contributed by atoms with Gasteiger partial charge in [-0.05, 0) is 236 Å². The van der Waals surface area contributed by atoms with Crippen LogP contribution in [0.1, 0.15) is 182 Å². The molecule has 16 rings (SSSR count). The van der Waals surface area contributed by atoms with E-state index in [2.05, 4.69) is 357 Å². The van der Waals surface area contributed by atoms with Crippen LogP contribution in [0.15, 0.2) is 224 Å². The number of hydrogen-bond acceptors (Lipinski definition) is 2. The fourth-order valence-electron chi connectivity index (χ4n) is 17.4. The minimum Gasteiger partial charge on any atom is -0.311 e. The van der Waals surface area contributed by atoms with Gasteiger partial charge in [-0.1, -0.05) is 269 Å². The molecule has 4 aliphatic rings. The summed E-state index contributed by atoms with van der Waals surface area (Å²) in [5, 5.41) is 2.54. The maximum atomic E-state index is 2.64. The summed E-state index contributed by atoms with van der Waals surface area (Å²) in [5.41, 5.74) is 34.6. The van der Waals surface area contributed by atoms with Crippen LogP contribution in [0.3, 0.4) is 0 Å². The molecule has 0 atom stereocenters. The summed E-state index contributed by atoms with van der Waals surface area (Å²) in [4.78, 5) is 5.25. The number of hydrogen-bond donors (Lipinski definition) is 0. The summed E-state index contributed by atoms with van der Waals surface area (Å²) in [7, 11) is 0. The van der Waals surface area contributed by atoms with Crippen molar-refractivity contribution in [1.82, 2.24) is 4.57 Å². The first kappa shape index (κ1) is 63.6. The molecule has 0 unspecified atom stereocenters. The molecule has 1 aromatic heterocycles. The zero-order chi connectivity index (χ0) is 68.5. The summed E-state index contributed by atoms with van der Waals surface area (Å²) in [5.74, 6) is 0. The Morgan fingerprint density at radius 2 is 0.765 bits per heavy atom. The van der Waals surface area contributed by atoms with Gasteiger partial charge in [-0.25, -0.2) is 0 Å². The van der Waals surface area contributed by atoms with Crippen molar-refractivity contribution in [3.05, 3.63) is 263 Å². The second kappa shape index (κ2) is 22.2. The molecule has 0 saturated heterocycles. The Hall–Kier alpha value is -9.12. The number of fused-ring (bicyclic) bond motifs is 9. The zero-order valence-corrected chi connectivity index (χ0v) is 61.1. The van der Waals surface area contributed by atoms with Crippen molar-refractivity contribution in [3.8, 4) is 50.2 Å². The normalized spacial score (nSPS) is 16.5. The van der Waals surface area contributed by atoms with E-state index in [1.54, 1.807) is 0 Å². The number of nitrogens with zero attached hydrogens (tertiary/aromatic N) is 3. The third kappa shape index (κ3) is 10.4. The molecule has 11 aromatic carbocycles. The van der Waals surface area contributed by atoms with Crippen LogP contribution in [0.5, 0.6) is 0 Å². The molecule has 12 aromatic rings. The maximum absolute atomic E-state index is 2.64. The zero-order valence-electron chi connectivity index (χ0n) is 61.1. The number of para-hydroxylation sites is 1. The van der Waals surface area contributed by atoms with Gasteiger partial charge in [0.15, 0.2) is 0 Å². The van der Waals surface area contributed by atoms with E-state index in [-0.39, 0.29) is 44.6 Å². The van der Waals surface area contributed by atoms with Crippen LogP contribution in [0, 0.1) is 0 Å². The molecule has 0 radical (unpaired) electrons. The predicted molar refractivity (Wildman–Crippen MR) is 423 cm³/mol. The third-order valence-corrected chi connectivity index (χ3v) is 23.6. The fourth-order valence-corrected chi connectivity index (χ4v) is 17.4. The summed E-state index contributed by atoms with van der Waals surface area (Å²) >= 11 is 0. The highest BCUT2D eigenvalue weighted by molar-refractivity contribution is 7.00. The molecule has 0 spiro atoms. The van der Waals surface area contributed by atoms with Gasteiger partial charge in [0.25, 0.3) is 6.71 Å². The topological polar surface area (TPSA) is 11.4 Å². The number of anilines is 6. The molecule has 490 valence electrons. The van der Waals surface area contributed by atoms with E-state index in [0.717, 1.165) is 17.1 Å². The van der Waals surface area contributed by atoms with Crippen LogP contribution >= 0.6 is 0 Å². The molecule has 3 nitrogen and oxygen atoms in total. The van der Waals surface area contributed by atoms with E-state index in [1.807, 2.05) is 0 Å². The van der Waals surface area contributed by atoms with Crippen LogP contribution in [-0.4, -0.2) is 11.3 Å². The van der Waals surface area contributed by atoms with Gasteiger partial charge in [0.2, 0.25) is 0 Å². The third-order valence-electron chi connectivity index (χ3n) is 23.6. The van der Waals surface area contributed by atoms with E-state index in [4.69, 9.17) is 0 Å². The first-order valence-electron chi connectivity index (χ1n) is 36.3. The SMILES string of the molecule is CC(C)(C)c1ccc(-c2cc3c4c(c2)N(c2ccc(-c5ccc6c(c5)C(C)(C)CCC6(C)C)cc2)c2cc(-n5c6ccccc6c6cc(C(C)(C)C)ccc65)ccc2B4c2cc(-c4ccccc4C(C)(C)C)ccc2N3c2ccc(-c3ccc4c(c3)C(C)(C)CCC4(C)C)cc2)cc1. The van der Waals surface area contributed by atoms with Crippen molar-refractivity contribution in [2.24, 2.45) is 0 Å². The molecule has 4 heteroatoms. The van der Waals surface area contributed by atoms with E-state index in [0.29, 0.717) is 0 Å². The predicted octanol–water partition coefficient (Wildman–Crippen LogP) is 24.1. The van der Waals surface area contributed by atoms with E-state index in [9.17, 15) is 0 Å². The van der Waals surface area contributed by atoms with Gasteiger partial charge in [0.1, 0.15) is 0 Å². The molecule has 98 heavy (non-hydrogen) atoms. The molecular formula is C94H96BN3. The smallest absolute Gasteiger partial charge is 0.252 e. The van der Waals surface area contributed by atoms with Crippen LogP contribution in [-0.2, 0) is 37.9 Å². The average Bonchev–Trinajstić information content (AvgIpc) is 0.713. The Kier molecular flexibility index (Phi) is 14.4. The van der Waals surface area contributed by atoms with Gasteiger partial charge >= 0.3 is 0 Å². The monoisotopic (exact) mass is 1280 g/mol. The minimum absolute atomic E-state index is 0.0000632. The summed E-state index contributed by atoms with van der Waals surface area (Å²) in [6.45, 7) is 40.3. The Labute approximate surface area is 584 Å². The Bertz CT molecular complexity index is 5200. The molecule has 0 saturated carbocycles. The molecule has 0 bridgehead atoms. The largest absolute Gasteiger partial charge is 0.311 e. The van der Waals surface area contributed by atoms with Crippen molar-refractivity contribution in [3.63, 3.8) is 0 Å². The highest BCUT2D eigenvalue weighted by atomic mass is 15.2. The van der Waals surface area contributed by atoms with Crippen molar-refractivity contribution in [1.29, 1.82) is 0 Å². The second-order valence-electron chi connectivity index (χ2n) is 35.2. The van der Waals surface area contributed by atoms with Gasteiger partial charge in [0.05, 0.1) is 11.0 Å². The van der Waals surface area contributed by atoms with Gasteiger partial charge in [-0.15, -0.1) is 0 Å². The first-order chi connectivity index (χ1) is 46.4. The number of aromatic nitrogens is 1. The number of rotatable bonds is 7. The Morgan fingerprint density at radius 3 is 1.33 bits per heavy atom. The highest BCUT2D eigenvalue weighted by Gasteiger charge is 2.45.